The molecule has 0 heterocycles. The lowest BCUT2D eigenvalue weighted by Crippen LogP contribution is -2.60. The number of amides is 2. The largest absolute Gasteiger partial charge is 0.480 e. The van der Waals surface area contributed by atoms with Gasteiger partial charge in [0, 0.05) is 0 Å². The predicted molar refractivity (Wildman–Crippen MR) is 67.5 cm³/mol. The van der Waals surface area contributed by atoms with Crippen LogP contribution in [0.2, 0.25) is 0 Å². The van der Waals surface area contributed by atoms with Crippen LogP contribution in [0.15, 0.2) is 12.1 Å². The summed E-state index contributed by atoms with van der Waals surface area (Å²) in [5, 5.41) is 13.4. The lowest BCUT2D eigenvalue weighted by Gasteiger charge is -2.38. The number of carbonyl (C=O) groups is 2. The number of carboxylic acids is 1. The van der Waals surface area contributed by atoms with Crippen molar-refractivity contribution in [3.05, 3.63) is 29.3 Å². The fourth-order valence-electron chi connectivity index (χ4n) is 2.06. The van der Waals surface area contributed by atoms with Crippen molar-refractivity contribution in [1.82, 2.24) is 5.32 Å². The van der Waals surface area contributed by atoms with Crippen molar-refractivity contribution >= 4 is 17.7 Å². The van der Waals surface area contributed by atoms with Crippen molar-refractivity contribution in [1.29, 1.82) is 0 Å². The number of urea groups is 1. The van der Waals surface area contributed by atoms with Crippen molar-refractivity contribution in [3.8, 4) is 0 Å². The molecule has 2 amide bonds. The molecule has 0 aromatic heterocycles. The first-order chi connectivity index (χ1) is 9.35. The van der Waals surface area contributed by atoms with Gasteiger partial charge in [0.15, 0.2) is 5.82 Å². The Morgan fingerprint density at radius 2 is 1.95 bits per heavy atom. The van der Waals surface area contributed by atoms with Crippen LogP contribution in [0.25, 0.3) is 0 Å². The molecule has 0 radical (unpaired) electrons. The minimum Gasteiger partial charge on any atom is -0.480 e. The molecule has 1 saturated carbocycles. The summed E-state index contributed by atoms with van der Waals surface area (Å²) in [6.45, 7) is 1.43. The number of aliphatic carboxylic acids is 1. The Bertz CT molecular complexity index is 571. The molecule has 0 unspecified atom stereocenters. The highest BCUT2D eigenvalue weighted by atomic mass is 19.1. The van der Waals surface area contributed by atoms with Crippen molar-refractivity contribution in [2.45, 2.75) is 31.7 Å². The second-order valence-corrected chi connectivity index (χ2v) is 4.87. The smallest absolute Gasteiger partial charge is 0.329 e. The highest BCUT2D eigenvalue weighted by molar-refractivity contribution is 5.94. The molecule has 1 aliphatic carbocycles. The maximum atomic E-state index is 13.7. The number of nitrogens with one attached hydrogen (secondary N) is 2. The number of carboxylic acid groups (broad SMARTS) is 1. The average Bonchev–Trinajstić information content (AvgIpc) is 2.34. The topological polar surface area (TPSA) is 78.4 Å². The second kappa shape index (κ2) is 5.07. The van der Waals surface area contributed by atoms with Gasteiger partial charge in [-0.3, -0.25) is 0 Å². The van der Waals surface area contributed by atoms with E-state index >= 15 is 0 Å². The number of halogens is 2. The number of hydrogen-bond acceptors (Lipinski definition) is 2. The molecule has 1 fully saturated rings. The Morgan fingerprint density at radius 1 is 1.30 bits per heavy atom. The maximum absolute atomic E-state index is 13.7. The quantitative estimate of drug-likeness (QED) is 0.797. The lowest BCUT2D eigenvalue weighted by atomic mass is 9.77. The Hall–Kier alpha value is -2.18. The van der Waals surface area contributed by atoms with Gasteiger partial charge < -0.3 is 15.7 Å². The molecule has 1 aromatic rings. The third-order valence-corrected chi connectivity index (χ3v) is 3.49. The van der Waals surface area contributed by atoms with Crippen LogP contribution in [0.4, 0.5) is 19.3 Å². The Labute approximate surface area is 114 Å². The van der Waals surface area contributed by atoms with E-state index in [2.05, 4.69) is 5.32 Å². The molecule has 0 aliphatic heterocycles. The number of aryl methyl sites for hydroxylation is 1. The van der Waals surface area contributed by atoms with Crippen LogP contribution >= 0.6 is 0 Å². The van der Waals surface area contributed by atoms with Crippen LogP contribution in [0.1, 0.15) is 24.8 Å². The Balaban J connectivity index is 2.13. The van der Waals surface area contributed by atoms with Crippen LogP contribution in [0.5, 0.6) is 0 Å². The van der Waals surface area contributed by atoms with Gasteiger partial charge in [0.05, 0.1) is 0 Å². The normalized spacial score (nSPS) is 16.1. The van der Waals surface area contributed by atoms with E-state index in [0.717, 1.165) is 6.07 Å². The summed E-state index contributed by atoms with van der Waals surface area (Å²) in [6, 6.07) is 1.35. The molecule has 0 bridgehead atoms. The van der Waals surface area contributed by atoms with Crippen LogP contribution in [0.3, 0.4) is 0 Å². The minimum absolute atomic E-state index is 0.179. The van der Waals surface area contributed by atoms with Crippen LogP contribution in [0, 0.1) is 18.6 Å². The number of anilines is 1. The monoisotopic (exact) mass is 284 g/mol. The van der Waals surface area contributed by atoms with E-state index in [1.54, 1.807) is 0 Å². The molecule has 20 heavy (non-hydrogen) atoms. The molecule has 108 valence electrons. The molecule has 0 spiro atoms. The summed E-state index contributed by atoms with van der Waals surface area (Å²) >= 11 is 0. The molecule has 0 saturated heterocycles. The summed E-state index contributed by atoms with van der Waals surface area (Å²) in [6.07, 6.45) is 1.28. The molecular formula is C13H14F2N2O3. The van der Waals surface area contributed by atoms with E-state index in [9.17, 15) is 18.4 Å². The van der Waals surface area contributed by atoms with Gasteiger partial charge in [0.25, 0.3) is 0 Å². The van der Waals surface area contributed by atoms with Crippen molar-refractivity contribution in [3.63, 3.8) is 0 Å². The third-order valence-electron chi connectivity index (χ3n) is 3.49. The van der Waals surface area contributed by atoms with E-state index in [4.69, 9.17) is 5.11 Å². The molecule has 1 aromatic carbocycles. The summed E-state index contributed by atoms with van der Waals surface area (Å²) in [5.41, 5.74) is -1.73. The highest BCUT2D eigenvalue weighted by Gasteiger charge is 2.45. The van der Waals surface area contributed by atoms with E-state index in [1.165, 1.54) is 13.0 Å². The molecule has 5 nitrogen and oxygen atoms in total. The van der Waals surface area contributed by atoms with Crippen LogP contribution in [-0.4, -0.2) is 22.6 Å². The fraction of sp³-hybridized carbons (Fsp3) is 0.385. The van der Waals surface area contributed by atoms with Crippen molar-refractivity contribution in [2.24, 2.45) is 0 Å². The van der Waals surface area contributed by atoms with Gasteiger partial charge in [0.1, 0.15) is 17.0 Å². The van der Waals surface area contributed by atoms with Gasteiger partial charge in [-0.25, -0.2) is 18.4 Å². The van der Waals surface area contributed by atoms with Gasteiger partial charge in [-0.2, -0.15) is 0 Å². The zero-order valence-electron chi connectivity index (χ0n) is 10.8. The van der Waals surface area contributed by atoms with Gasteiger partial charge >= 0.3 is 12.0 Å². The first-order valence-electron chi connectivity index (χ1n) is 6.13. The van der Waals surface area contributed by atoms with Crippen LogP contribution < -0.4 is 10.6 Å². The number of carbonyl (C=O) groups excluding carboxylic acids is 1. The molecule has 3 N–H and O–H groups in total. The molecular weight excluding hydrogens is 270 g/mol. The standard InChI is InChI=1S/C13H14F2N2O3/c1-7-3-4-8(14)10(9(7)15)16-12(20)17-13(11(18)19)5-2-6-13/h3-4H,2,5-6H2,1H3,(H,18,19)(H2,16,17,20). The SMILES string of the molecule is Cc1ccc(F)c(NC(=O)NC2(C(=O)O)CCC2)c1F. The maximum Gasteiger partial charge on any atom is 0.329 e. The summed E-state index contributed by atoms with van der Waals surface area (Å²) in [4.78, 5) is 22.8. The van der Waals surface area contributed by atoms with E-state index < -0.39 is 34.9 Å². The molecule has 7 heteroatoms. The van der Waals surface area contributed by atoms with E-state index in [-0.39, 0.29) is 5.56 Å². The minimum atomic E-state index is -1.33. The number of hydrogen-bond donors (Lipinski definition) is 3. The average molecular weight is 284 g/mol. The third kappa shape index (κ3) is 2.43. The summed E-state index contributed by atoms with van der Waals surface area (Å²) < 4.78 is 27.2. The van der Waals surface area contributed by atoms with Gasteiger partial charge in [-0.15, -0.1) is 0 Å². The first-order valence-corrected chi connectivity index (χ1v) is 6.13. The Morgan fingerprint density at radius 3 is 2.45 bits per heavy atom. The zero-order valence-corrected chi connectivity index (χ0v) is 10.8. The van der Waals surface area contributed by atoms with E-state index in [0.29, 0.717) is 19.3 Å². The van der Waals surface area contributed by atoms with Gasteiger partial charge in [-0.1, -0.05) is 6.07 Å². The highest BCUT2D eigenvalue weighted by Crippen LogP contribution is 2.32. The number of rotatable bonds is 3. The van der Waals surface area contributed by atoms with Gasteiger partial charge in [0.2, 0.25) is 0 Å². The zero-order chi connectivity index (χ0) is 14.9. The number of benzene rings is 1. The van der Waals surface area contributed by atoms with Gasteiger partial charge in [-0.05, 0) is 37.8 Å². The summed E-state index contributed by atoms with van der Waals surface area (Å²) in [7, 11) is 0. The second-order valence-electron chi connectivity index (χ2n) is 4.87. The van der Waals surface area contributed by atoms with Crippen LogP contribution in [-0.2, 0) is 4.79 Å². The Kier molecular flexibility index (Phi) is 3.61. The van der Waals surface area contributed by atoms with Crippen molar-refractivity contribution < 1.29 is 23.5 Å². The van der Waals surface area contributed by atoms with Crippen molar-refractivity contribution in [2.75, 3.05) is 5.32 Å². The molecule has 2 rings (SSSR count). The predicted octanol–water partition coefficient (Wildman–Crippen LogP) is 2.40. The fourth-order valence-corrected chi connectivity index (χ4v) is 2.06. The summed E-state index contributed by atoms with van der Waals surface area (Å²) in [5.74, 6) is -2.94. The van der Waals surface area contributed by atoms with E-state index in [1.807, 2.05) is 5.32 Å². The first kappa shape index (κ1) is 14.2. The molecule has 0 atom stereocenters. The molecule has 1 aliphatic rings. The lowest BCUT2D eigenvalue weighted by molar-refractivity contribution is -0.148.